The van der Waals surface area contributed by atoms with E-state index in [-0.39, 0.29) is 22.9 Å². The van der Waals surface area contributed by atoms with Crippen LogP contribution in [0.3, 0.4) is 0 Å². The van der Waals surface area contributed by atoms with Gasteiger partial charge in [0.2, 0.25) is 0 Å². The van der Waals surface area contributed by atoms with Crippen molar-refractivity contribution in [2.45, 2.75) is 42.7 Å². The summed E-state index contributed by atoms with van der Waals surface area (Å²) in [6, 6.07) is 11.0. The summed E-state index contributed by atoms with van der Waals surface area (Å²) in [5.41, 5.74) is 6.64. The van der Waals surface area contributed by atoms with Gasteiger partial charge in [-0.25, -0.2) is 12.8 Å². The van der Waals surface area contributed by atoms with E-state index in [1.807, 2.05) is 0 Å². The lowest BCUT2D eigenvalue weighted by Gasteiger charge is -2.26. The van der Waals surface area contributed by atoms with Crippen LogP contribution in [0.5, 0.6) is 0 Å². The normalized spacial score (nSPS) is 20.1. The summed E-state index contributed by atoms with van der Waals surface area (Å²) in [6.07, 6.45) is 3.52. The molecule has 4 N–H and O–H groups in total. The highest BCUT2D eigenvalue weighted by Crippen LogP contribution is 2.19. The molecule has 0 spiro atoms. The predicted molar refractivity (Wildman–Crippen MR) is 101 cm³/mol. The van der Waals surface area contributed by atoms with Crippen LogP contribution >= 0.6 is 0 Å². The quantitative estimate of drug-likeness (QED) is 0.729. The molecule has 6 nitrogen and oxygen atoms in total. The van der Waals surface area contributed by atoms with Gasteiger partial charge in [-0.2, -0.15) is 0 Å². The molecule has 0 unspecified atom stereocenters. The number of benzene rings is 2. The summed E-state index contributed by atoms with van der Waals surface area (Å²) in [4.78, 5) is 12.3. The number of hydrogen-bond acceptors (Lipinski definition) is 4. The second-order valence-corrected chi connectivity index (χ2v) is 8.40. The largest absolute Gasteiger partial charge is 0.349 e. The summed E-state index contributed by atoms with van der Waals surface area (Å²) in [5.74, 6) is -0.701. The van der Waals surface area contributed by atoms with Gasteiger partial charge in [0, 0.05) is 23.3 Å². The van der Waals surface area contributed by atoms with Crippen molar-refractivity contribution in [3.05, 3.63) is 59.9 Å². The van der Waals surface area contributed by atoms with E-state index in [0.29, 0.717) is 11.3 Å². The molecule has 0 atom stereocenters. The number of hydrogen-bond donors (Lipinski definition) is 3. The van der Waals surface area contributed by atoms with E-state index in [0.717, 1.165) is 37.8 Å². The monoisotopic (exact) mass is 391 g/mol. The van der Waals surface area contributed by atoms with Crippen LogP contribution in [-0.4, -0.2) is 26.4 Å². The van der Waals surface area contributed by atoms with Gasteiger partial charge < -0.3 is 11.1 Å². The fraction of sp³-hybridized carbons (Fsp3) is 0.316. The first-order valence-electron chi connectivity index (χ1n) is 8.78. The van der Waals surface area contributed by atoms with Crippen LogP contribution < -0.4 is 15.8 Å². The van der Waals surface area contributed by atoms with E-state index >= 15 is 0 Å². The molecule has 1 saturated carbocycles. The van der Waals surface area contributed by atoms with Gasteiger partial charge in [0.05, 0.1) is 4.90 Å². The van der Waals surface area contributed by atoms with E-state index in [2.05, 4.69) is 10.0 Å². The van der Waals surface area contributed by atoms with Gasteiger partial charge in [-0.05, 0) is 74.2 Å². The first-order chi connectivity index (χ1) is 12.8. The Balaban J connectivity index is 1.63. The number of nitrogens with one attached hydrogen (secondary N) is 2. The van der Waals surface area contributed by atoms with E-state index < -0.39 is 15.8 Å². The van der Waals surface area contributed by atoms with Crippen molar-refractivity contribution in [1.82, 2.24) is 5.32 Å². The number of halogens is 1. The SMILES string of the molecule is NC1CCC(NC(=O)c2ccc(NS(=O)(=O)c3ccc(F)cc3)cc2)CC1. The lowest BCUT2D eigenvalue weighted by atomic mass is 9.91. The second-order valence-electron chi connectivity index (χ2n) is 6.72. The maximum absolute atomic E-state index is 12.9. The molecule has 1 aliphatic rings. The number of rotatable bonds is 5. The molecule has 2 aromatic rings. The topological polar surface area (TPSA) is 101 Å². The molecule has 1 amide bonds. The molecule has 0 aromatic heterocycles. The standard InChI is InChI=1S/C19H22FN3O3S/c20-14-3-11-18(12-4-14)27(25,26)23-17-7-1-13(2-8-17)19(24)22-16-9-5-15(21)6-10-16/h1-4,7-8,11-12,15-16,23H,5-6,9-10,21H2,(H,22,24). The van der Waals surface area contributed by atoms with Crippen molar-refractivity contribution >= 4 is 21.6 Å². The summed E-state index contributed by atoms with van der Waals surface area (Å²) in [6.45, 7) is 0. The Bertz CT molecular complexity index is 891. The average Bonchev–Trinajstić information content (AvgIpc) is 2.64. The van der Waals surface area contributed by atoms with Crippen LogP contribution in [0.4, 0.5) is 10.1 Å². The maximum Gasteiger partial charge on any atom is 0.261 e. The molecule has 0 bridgehead atoms. The average molecular weight is 391 g/mol. The van der Waals surface area contributed by atoms with Crippen molar-refractivity contribution in [2.24, 2.45) is 5.73 Å². The lowest BCUT2D eigenvalue weighted by molar-refractivity contribution is 0.0926. The van der Waals surface area contributed by atoms with Crippen LogP contribution in [0, 0.1) is 5.82 Å². The summed E-state index contributed by atoms with van der Waals surface area (Å²) in [5, 5.41) is 2.99. The van der Waals surface area contributed by atoms with Crippen molar-refractivity contribution < 1.29 is 17.6 Å². The third kappa shape index (κ3) is 5.05. The molecule has 8 heteroatoms. The van der Waals surface area contributed by atoms with Gasteiger partial charge in [0.1, 0.15) is 5.82 Å². The lowest BCUT2D eigenvalue weighted by Crippen LogP contribution is -2.40. The van der Waals surface area contributed by atoms with Gasteiger partial charge in [0.25, 0.3) is 15.9 Å². The Kier molecular flexibility index (Phi) is 5.76. The number of carbonyl (C=O) groups excluding carboxylic acids is 1. The van der Waals surface area contributed by atoms with Gasteiger partial charge >= 0.3 is 0 Å². The number of nitrogens with two attached hydrogens (primary N) is 1. The van der Waals surface area contributed by atoms with Crippen LogP contribution in [0.15, 0.2) is 53.4 Å². The Hall–Kier alpha value is -2.45. The minimum atomic E-state index is -3.82. The smallest absolute Gasteiger partial charge is 0.261 e. The molecule has 3 rings (SSSR count). The molecule has 0 aliphatic heterocycles. The molecule has 27 heavy (non-hydrogen) atoms. The van der Waals surface area contributed by atoms with Crippen molar-refractivity contribution in [2.75, 3.05) is 4.72 Å². The minimum absolute atomic E-state index is 0.0405. The third-order valence-corrected chi connectivity index (χ3v) is 6.03. The summed E-state index contributed by atoms with van der Waals surface area (Å²) >= 11 is 0. The molecule has 144 valence electrons. The zero-order valence-corrected chi connectivity index (χ0v) is 15.5. The van der Waals surface area contributed by atoms with Crippen LogP contribution in [0.2, 0.25) is 0 Å². The summed E-state index contributed by atoms with van der Waals surface area (Å²) in [7, 11) is -3.82. The Morgan fingerprint density at radius 3 is 2.15 bits per heavy atom. The fourth-order valence-electron chi connectivity index (χ4n) is 3.05. The third-order valence-electron chi connectivity index (χ3n) is 4.63. The van der Waals surface area contributed by atoms with E-state index in [1.165, 1.54) is 24.3 Å². The number of anilines is 1. The van der Waals surface area contributed by atoms with Crippen LogP contribution in [-0.2, 0) is 10.0 Å². The maximum atomic E-state index is 12.9. The first-order valence-corrected chi connectivity index (χ1v) is 10.3. The van der Waals surface area contributed by atoms with E-state index in [4.69, 9.17) is 5.73 Å². The Morgan fingerprint density at radius 2 is 1.56 bits per heavy atom. The van der Waals surface area contributed by atoms with E-state index in [9.17, 15) is 17.6 Å². The Morgan fingerprint density at radius 1 is 0.963 bits per heavy atom. The Labute approximate surface area is 158 Å². The first kappa shape index (κ1) is 19.3. The molecule has 1 fully saturated rings. The van der Waals surface area contributed by atoms with Gasteiger partial charge in [-0.1, -0.05) is 0 Å². The highest BCUT2D eigenvalue weighted by atomic mass is 32.2. The number of sulfonamides is 1. The predicted octanol–water partition coefficient (Wildman–Crippen LogP) is 2.63. The van der Waals surface area contributed by atoms with Crippen molar-refractivity contribution in [1.29, 1.82) is 0 Å². The second kappa shape index (κ2) is 8.06. The van der Waals surface area contributed by atoms with Crippen LogP contribution in [0.1, 0.15) is 36.0 Å². The highest BCUT2D eigenvalue weighted by molar-refractivity contribution is 7.92. The van der Waals surface area contributed by atoms with Gasteiger partial charge in [-0.15, -0.1) is 0 Å². The number of carbonyl (C=O) groups is 1. The van der Waals surface area contributed by atoms with Crippen LogP contribution in [0.25, 0.3) is 0 Å². The number of amides is 1. The molecule has 1 aliphatic carbocycles. The highest BCUT2D eigenvalue weighted by Gasteiger charge is 2.20. The van der Waals surface area contributed by atoms with Gasteiger partial charge in [0.15, 0.2) is 0 Å². The van der Waals surface area contributed by atoms with E-state index in [1.54, 1.807) is 12.1 Å². The fourth-order valence-corrected chi connectivity index (χ4v) is 4.11. The molecule has 0 radical (unpaired) electrons. The zero-order valence-electron chi connectivity index (χ0n) is 14.7. The van der Waals surface area contributed by atoms with Gasteiger partial charge in [-0.3, -0.25) is 9.52 Å². The minimum Gasteiger partial charge on any atom is -0.349 e. The molecule has 0 heterocycles. The molecular weight excluding hydrogens is 369 g/mol. The van der Waals surface area contributed by atoms with Crippen molar-refractivity contribution in [3.8, 4) is 0 Å². The van der Waals surface area contributed by atoms with Crippen molar-refractivity contribution in [3.63, 3.8) is 0 Å². The zero-order chi connectivity index (χ0) is 19.4. The molecule has 0 saturated heterocycles. The molecule has 2 aromatic carbocycles. The summed E-state index contributed by atoms with van der Waals surface area (Å²) < 4.78 is 40.0. The molecular formula is C19H22FN3O3S.